The zero-order valence-corrected chi connectivity index (χ0v) is 10.4. The molecule has 0 N–H and O–H groups in total. The third-order valence-electron chi connectivity index (χ3n) is 2.52. The van der Waals surface area contributed by atoms with E-state index in [2.05, 4.69) is 0 Å². The fourth-order valence-electron chi connectivity index (χ4n) is 1.66. The summed E-state index contributed by atoms with van der Waals surface area (Å²) in [6, 6.07) is 6.59. The summed E-state index contributed by atoms with van der Waals surface area (Å²) < 4.78 is 4.82. The highest BCUT2D eigenvalue weighted by Gasteiger charge is 2.06. The fraction of sp³-hybridized carbons (Fsp3) is 0.462. The first kappa shape index (κ1) is 14.2. The van der Waals surface area contributed by atoms with Crippen molar-refractivity contribution in [3.05, 3.63) is 39.9 Å². The lowest BCUT2D eigenvalue weighted by Crippen LogP contribution is -2.03. The number of aryl methyl sites for hydroxylation is 1. The van der Waals surface area contributed by atoms with E-state index in [1.807, 2.05) is 6.07 Å². The maximum absolute atomic E-state index is 11.1. The summed E-state index contributed by atoms with van der Waals surface area (Å²) in [5, 5.41) is 10.6. The summed E-state index contributed by atoms with van der Waals surface area (Å²) in [6.07, 6.45) is 2.70. The lowest BCUT2D eigenvalue weighted by molar-refractivity contribution is -0.384. The monoisotopic (exact) mass is 251 g/mol. The standard InChI is InChI=1S/C13H17NO4/c1-2-18-13(15)9-4-3-6-11-7-5-8-12(10-11)14(16)17/h5,7-8,10H,2-4,6,9H2,1H3. The molecule has 5 heteroatoms. The lowest BCUT2D eigenvalue weighted by atomic mass is 10.1. The van der Waals surface area contributed by atoms with Crippen LogP contribution in [0.4, 0.5) is 5.69 Å². The van der Waals surface area contributed by atoms with E-state index in [9.17, 15) is 14.9 Å². The molecule has 0 amide bonds. The average molecular weight is 251 g/mol. The molecule has 0 saturated heterocycles. The SMILES string of the molecule is CCOC(=O)CCCCc1cccc([N+](=O)[O-])c1. The molecule has 18 heavy (non-hydrogen) atoms. The summed E-state index contributed by atoms with van der Waals surface area (Å²) in [7, 11) is 0. The van der Waals surface area contributed by atoms with Gasteiger partial charge in [-0.25, -0.2) is 0 Å². The molecule has 0 aromatic heterocycles. The number of nitro groups is 1. The molecule has 1 rings (SSSR count). The van der Waals surface area contributed by atoms with Gasteiger partial charge in [0.25, 0.3) is 5.69 Å². The van der Waals surface area contributed by atoms with E-state index in [1.54, 1.807) is 19.1 Å². The van der Waals surface area contributed by atoms with Crippen LogP contribution in [0.1, 0.15) is 31.7 Å². The maximum Gasteiger partial charge on any atom is 0.305 e. The molecule has 98 valence electrons. The van der Waals surface area contributed by atoms with Crippen LogP contribution in [0.5, 0.6) is 0 Å². The second kappa shape index (κ2) is 7.42. The molecule has 0 atom stereocenters. The normalized spacial score (nSPS) is 10.1. The Morgan fingerprint density at radius 1 is 1.39 bits per heavy atom. The zero-order valence-electron chi connectivity index (χ0n) is 10.4. The van der Waals surface area contributed by atoms with Crippen LogP contribution in [0, 0.1) is 10.1 Å². The quantitative estimate of drug-likeness (QED) is 0.323. The molecule has 0 radical (unpaired) electrons. The van der Waals surface area contributed by atoms with Gasteiger partial charge in [-0.3, -0.25) is 14.9 Å². The Morgan fingerprint density at radius 3 is 2.83 bits per heavy atom. The predicted octanol–water partition coefficient (Wildman–Crippen LogP) is 2.87. The molecular formula is C13H17NO4. The first-order valence-corrected chi connectivity index (χ1v) is 6.02. The number of hydrogen-bond acceptors (Lipinski definition) is 4. The maximum atomic E-state index is 11.1. The van der Waals surface area contributed by atoms with Gasteiger partial charge in [-0.1, -0.05) is 12.1 Å². The van der Waals surface area contributed by atoms with Crippen molar-refractivity contribution >= 4 is 11.7 Å². The molecule has 0 bridgehead atoms. The molecular weight excluding hydrogens is 234 g/mol. The van der Waals surface area contributed by atoms with E-state index in [4.69, 9.17) is 4.74 Å². The van der Waals surface area contributed by atoms with Gasteiger partial charge >= 0.3 is 5.97 Å². The van der Waals surface area contributed by atoms with Crippen molar-refractivity contribution in [2.75, 3.05) is 6.61 Å². The van der Waals surface area contributed by atoms with Gasteiger partial charge in [-0.05, 0) is 31.7 Å². The van der Waals surface area contributed by atoms with Gasteiger partial charge in [-0.2, -0.15) is 0 Å². The van der Waals surface area contributed by atoms with E-state index < -0.39 is 4.92 Å². The van der Waals surface area contributed by atoms with E-state index in [1.165, 1.54) is 6.07 Å². The second-order valence-electron chi connectivity index (χ2n) is 3.94. The molecule has 5 nitrogen and oxygen atoms in total. The highest BCUT2D eigenvalue weighted by Crippen LogP contribution is 2.15. The first-order valence-electron chi connectivity index (χ1n) is 6.02. The molecule has 0 unspecified atom stereocenters. The number of nitrogens with zero attached hydrogens (tertiary/aromatic N) is 1. The number of nitro benzene ring substituents is 1. The number of carbonyl (C=O) groups is 1. The highest BCUT2D eigenvalue weighted by atomic mass is 16.6. The number of unbranched alkanes of at least 4 members (excludes halogenated alkanes) is 1. The van der Waals surface area contributed by atoms with Crippen molar-refractivity contribution in [1.82, 2.24) is 0 Å². The molecule has 0 spiro atoms. The van der Waals surface area contributed by atoms with Crippen molar-refractivity contribution in [1.29, 1.82) is 0 Å². The molecule has 1 aromatic rings. The van der Waals surface area contributed by atoms with Gasteiger partial charge in [0.15, 0.2) is 0 Å². The van der Waals surface area contributed by atoms with Crippen molar-refractivity contribution in [2.45, 2.75) is 32.6 Å². The Morgan fingerprint density at radius 2 is 2.17 bits per heavy atom. The minimum absolute atomic E-state index is 0.109. The van der Waals surface area contributed by atoms with Crippen molar-refractivity contribution in [3.63, 3.8) is 0 Å². The Balaban J connectivity index is 2.33. The third kappa shape index (κ3) is 4.95. The fourth-order valence-corrected chi connectivity index (χ4v) is 1.66. The van der Waals surface area contributed by atoms with Gasteiger partial charge < -0.3 is 4.74 Å². The minimum atomic E-state index is -0.401. The number of ether oxygens (including phenoxy) is 1. The summed E-state index contributed by atoms with van der Waals surface area (Å²) >= 11 is 0. The molecule has 0 aliphatic heterocycles. The van der Waals surface area contributed by atoms with Gasteiger partial charge in [-0.15, -0.1) is 0 Å². The van der Waals surface area contributed by atoms with Crippen LogP contribution in [0.15, 0.2) is 24.3 Å². The molecule has 0 saturated carbocycles. The van der Waals surface area contributed by atoms with E-state index in [-0.39, 0.29) is 11.7 Å². The molecule has 1 aromatic carbocycles. The number of carbonyl (C=O) groups excluding carboxylic acids is 1. The second-order valence-corrected chi connectivity index (χ2v) is 3.94. The topological polar surface area (TPSA) is 69.4 Å². The van der Waals surface area contributed by atoms with Crippen LogP contribution in [0.2, 0.25) is 0 Å². The van der Waals surface area contributed by atoms with Gasteiger partial charge in [0.2, 0.25) is 0 Å². The summed E-state index contributed by atoms with van der Waals surface area (Å²) in [5.41, 5.74) is 1.03. The van der Waals surface area contributed by atoms with Gasteiger partial charge in [0.1, 0.15) is 0 Å². The number of rotatable bonds is 7. The van der Waals surface area contributed by atoms with E-state index in [0.717, 1.165) is 24.8 Å². The number of non-ortho nitro benzene ring substituents is 1. The molecule has 0 aliphatic carbocycles. The van der Waals surface area contributed by atoms with Crippen LogP contribution in [0.3, 0.4) is 0 Å². The van der Waals surface area contributed by atoms with Crippen molar-refractivity contribution < 1.29 is 14.5 Å². The zero-order chi connectivity index (χ0) is 13.4. The van der Waals surface area contributed by atoms with Gasteiger partial charge in [0, 0.05) is 18.6 Å². The Labute approximate surface area is 106 Å². The molecule has 0 fully saturated rings. The van der Waals surface area contributed by atoms with Crippen LogP contribution in [-0.2, 0) is 16.0 Å². The number of esters is 1. The third-order valence-corrected chi connectivity index (χ3v) is 2.52. The van der Waals surface area contributed by atoms with E-state index >= 15 is 0 Å². The molecule has 0 aliphatic rings. The molecule has 0 heterocycles. The van der Waals surface area contributed by atoms with Crippen LogP contribution in [-0.4, -0.2) is 17.5 Å². The number of hydrogen-bond donors (Lipinski definition) is 0. The Bertz CT molecular complexity index is 417. The first-order chi connectivity index (χ1) is 8.63. The highest BCUT2D eigenvalue weighted by molar-refractivity contribution is 5.69. The van der Waals surface area contributed by atoms with Crippen molar-refractivity contribution in [2.24, 2.45) is 0 Å². The number of benzene rings is 1. The minimum Gasteiger partial charge on any atom is -0.466 e. The summed E-state index contributed by atoms with van der Waals surface area (Å²) in [5.74, 6) is -0.184. The van der Waals surface area contributed by atoms with Crippen LogP contribution >= 0.6 is 0 Å². The van der Waals surface area contributed by atoms with E-state index in [0.29, 0.717) is 13.0 Å². The largest absolute Gasteiger partial charge is 0.466 e. The van der Waals surface area contributed by atoms with Gasteiger partial charge in [0.05, 0.1) is 11.5 Å². The summed E-state index contributed by atoms with van der Waals surface area (Å²) in [4.78, 5) is 21.3. The van der Waals surface area contributed by atoms with Crippen molar-refractivity contribution in [3.8, 4) is 0 Å². The van der Waals surface area contributed by atoms with Crippen LogP contribution < -0.4 is 0 Å². The average Bonchev–Trinajstić information content (AvgIpc) is 2.35. The lowest BCUT2D eigenvalue weighted by Gasteiger charge is -2.02. The van der Waals surface area contributed by atoms with Crippen LogP contribution in [0.25, 0.3) is 0 Å². The Hall–Kier alpha value is -1.91. The predicted molar refractivity (Wildman–Crippen MR) is 67.3 cm³/mol. The Kier molecular flexibility index (Phi) is 5.84. The summed E-state index contributed by atoms with van der Waals surface area (Å²) in [6.45, 7) is 2.19. The smallest absolute Gasteiger partial charge is 0.305 e.